The molecule has 0 aromatic carbocycles. The van der Waals surface area contributed by atoms with E-state index < -0.39 is 4.92 Å². The third kappa shape index (κ3) is 3.22. The first-order valence-electron chi connectivity index (χ1n) is 6.24. The fourth-order valence-electron chi connectivity index (χ4n) is 2.52. The first kappa shape index (κ1) is 14.2. The van der Waals surface area contributed by atoms with Gasteiger partial charge in [-0.3, -0.25) is 15.1 Å². The second-order valence-electron chi connectivity index (χ2n) is 4.72. The molecule has 2 rings (SSSR count). The van der Waals surface area contributed by atoms with Crippen molar-refractivity contribution in [2.24, 2.45) is 17.6 Å². The van der Waals surface area contributed by atoms with Gasteiger partial charge in [-0.25, -0.2) is 0 Å². The van der Waals surface area contributed by atoms with Crippen LogP contribution in [-0.4, -0.2) is 23.1 Å². The lowest BCUT2D eigenvalue weighted by Gasteiger charge is -2.18. The van der Waals surface area contributed by atoms with Crippen LogP contribution in [0.2, 0.25) is 0 Å². The maximum atomic E-state index is 10.9. The van der Waals surface area contributed by atoms with Crippen LogP contribution in [0.5, 0.6) is 5.75 Å². The summed E-state index contributed by atoms with van der Waals surface area (Å²) in [5.41, 5.74) is 5.60. The van der Waals surface area contributed by atoms with E-state index >= 15 is 0 Å². The smallest absolute Gasteiger partial charge is 0.330 e. The molecular formula is C12H16BrN3O3. The highest BCUT2D eigenvalue weighted by Gasteiger charge is 2.28. The molecule has 1 aromatic heterocycles. The molecule has 0 saturated heterocycles. The Hall–Kier alpha value is -1.21. The summed E-state index contributed by atoms with van der Waals surface area (Å²) in [6, 6.07) is 0. The first-order valence-corrected chi connectivity index (χ1v) is 7.03. The van der Waals surface area contributed by atoms with Crippen molar-refractivity contribution < 1.29 is 9.66 Å². The van der Waals surface area contributed by atoms with Gasteiger partial charge in [-0.2, -0.15) is 0 Å². The van der Waals surface area contributed by atoms with Gasteiger partial charge in [-0.15, -0.1) is 0 Å². The van der Waals surface area contributed by atoms with E-state index in [0.29, 0.717) is 29.5 Å². The highest BCUT2D eigenvalue weighted by molar-refractivity contribution is 9.10. The Kier molecular flexibility index (Phi) is 4.71. The molecule has 1 heterocycles. The zero-order valence-corrected chi connectivity index (χ0v) is 12.0. The molecule has 6 nitrogen and oxygen atoms in total. The number of aromatic nitrogens is 1. The van der Waals surface area contributed by atoms with Gasteiger partial charge in [0.1, 0.15) is 6.20 Å². The summed E-state index contributed by atoms with van der Waals surface area (Å²) >= 11 is 3.24. The van der Waals surface area contributed by atoms with E-state index in [-0.39, 0.29) is 11.4 Å². The van der Waals surface area contributed by atoms with Crippen LogP contribution in [0.3, 0.4) is 0 Å². The molecule has 2 atom stereocenters. The lowest BCUT2D eigenvalue weighted by atomic mass is 9.97. The van der Waals surface area contributed by atoms with Crippen molar-refractivity contribution in [1.82, 2.24) is 4.98 Å². The van der Waals surface area contributed by atoms with Crippen molar-refractivity contribution in [2.45, 2.75) is 19.3 Å². The zero-order valence-electron chi connectivity index (χ0n) is 10.4. The van der Waals surface area contributed by atoms with Crippen LogP contribution < -0.4 is 10.5 Å². The molecular weight excluding hydrogens is 314 g/mol. The lowest BCUT2D eigenvalue weighted by molar-refractivity contribution is -0.386. The Morgan fingerprint density at radius 2 is 2.21 bits per heavy atom. The average Bonchev–Trinajstić information content (AvgIpc) is 2.84. The third-order valence-electron chi connectivity index (χ3n) is 3.59. The Morgan fingerprint density at radius 1 is 1.47 bits per heavy atom. The predicted octanol–water partition coefficient (Wildman–Crippen LogP) is 2.51. The van der Waals surface area contributed by atoms with E-state index in [9.17, 15) is 10.1 Å². The van der Waals surface area contributed by atoms with Gasteiger partial charge < -0.3 is 10.5 Å². The topological polar surface area (TPSA) is 91.3 Å². The molecule has 0 spiro atoms. The summed E-state index contributed by atoms with van der Waals surface area (Å²) in [5, 5.41) is 10.9. The molecule has 0 aliphatic heterocycles. The van der Waals surface area contributed by atoms with Gasteiger partial charge in [0.2, 0.25) is 5.75 Å². The van der Waals surface area contributed by atoms with E-state index in [0.717, 1.165) is 19.3 Å². The second kappa shape index (κ2) is 6.29. The van der Waals surface area contributed by atoms with E-state index in [1.165, 1.54) is 12.4 Å². The summed E-state index contributed by atoms with van der Waals surface area (Å²) < 4.78 is 6.16. The van der Waals surface area contributed by atoms with Crippen molar-refractivity contribution in [2.75, 3.05) is 13.2 Å². The number of nitro groups is 1. The quantitative estimate of drug-likeness (QED) is 0.661. The summed E-state index contributed by atoms with van der Waals surface area (Å²) in [6.45, 7) is 1.11. The van der Waals surface area contributed by atoms with Gasteiger partial charge in [0.05, 0.1) is 16.0 Å². The molecule has 104 valence electrons. The van der Waals surface area contributed by atoms with E-state index in [2.05, 4.69) is 20.9 Å². The van der Waals surface area contributed by atoms with Crippen LogP contribution in [-0.2, 0) is 0 Å². The first-order chi connectivity index (χ1) is 9.13. The summed E-state index contributed by atoms with van der Waals surface area (Å²) in [5.74, 6) is 1.09. The molecule has 19 heavy (non-hydrogen) atoms. The monoisotopic (exact) mass is 329 g/mol. The summed E-state index contributed by atoms with van der Waals surface area (Å²) in [6.07, 6.45) is 6.03. The molecule has 2 N–H and O–H groups in total. The summed E-state index contributed by atoms with van der Waals surface area (Å²) in [7, 11) is 0. The molecule has 1 fully saturated rings. The van der Waals surface area contributed by atoms with Gasteiger partial charge in [0, 0.05) is 6.20 Å². The normalized spacial score (nSPS) is 22.4. The molecule has 1 aliphatic carbocycles. The minimum absolute atomic E-state index is 0.114. The van der Waals surface area contributed by atoms with Crippen LogP contribution in [0.4, 0.5) is 5.69 Å². The Bertz CT molecular complexity index is 470. The van der Waals surface area contributed by atoms with E-state index in [1.54, 1.807) is 0 Å². The maximum Gasteiger partial charge on any atom is 0.330 e. The number of nitrogens with zero attached hydrogens (tertiary/aromatic N) is 2. The maximum absolute atomic E-state index is 10.9. The van der Waals surface area contributed by atoms with Crippen molar-refractivity contribution in [3.63, 3.8) is 0 Å². The highest BCUT2D eigenvalue weighted by Crippen LogP contribution is 2.36. The van der Waals surface area contributed by atoms with Crippen molar-refractivity contribution >= 4 is 21.6 Å². The van der Waals surface area contributed by atoms with Gasteiger partial charge in [0.25, 0.3) is 0 Å². The largest absolute Gasteiger partial charge is 0.486 e. The fourth-order valence-corrected chi connectivity index (χ4v) is 2.96. The number of halogens is 1. The van der Waals surface area contributed by atoms with Crippen LogP contribution in [0.1, 0.15) is 19.3 Å². The van der Waals surface area contributed by atoms with E-state index in [1.807, 2.05) is 0 Å². The highest BCUT2D eigenvalue weighted by atomic mass is 79.9. The van der Waals surface area contributed by atoms with Gasteiger partial charge in [0.15, 0.2) is 0 Å². The zero-order chi connectivity index (χ0) is 13.8. The van der Waals surface area contributed by atoms with Crippen LogP contribution in [0.25, 0.3) is 0 Å². The minimum Gasteiger partial charge on any atom is -0.486 e. The molecule has 0 bridgehead atoms. The van der Waals surface area contributed by atoms with Crippen LogP contribution >= 0.6 is 15.9 Å². The summed E-state index contributed by atoms with van der Waals surface area (Å²) in [4.78, 5) is 14.2. The van der Waals surface area contributed by atoms with Crippen LogP contribution in [0, 0.1) is 22.0 Å². The van der Waals surface area contributed by atoms with E-state index in [4.69, 9.17) is 10.5 Å². The number of rotatable bonds is 5. The standard InChI is InChI=1S/C12H16BrN3O3/c13-10-5-15-6-11(16(17)18)12(10)19-7-9-3-1-2-8(9)4-14/h5-6,8-9H,1-4,7,14H2. The number of nitrogens with two attached hydrogens (primary N) is 1. The molecule has 2 unspecified atom stereocenters. The molecule has 1 aliphatic rings. The van der Waals surface area contributed by atoms with Crippen LogP contribution in [0.15, 0.2) is 16.9 Å². The Balaban J connectivity index is 2.09. The van der Waals surface area contributed by atoms with Crippen molar-refractivity contribution in [3.8, 4) is 5.75 Å². The molecule has 1 saturated carbocycles. The van der Waals surface area contributed by atoms with Gasteiger partial charge in [-0.05, 0) is 47.2 Å². The number of ether oxygens (including phenoxy) is 1. The minimum atomic E-state index is -0.484. The second-order valence-corrected chi connectivity index (χ2v) is 5.58. The SMILES string of the molecule is NCC1CCCC1COc1c(Br)cncc1[N+](=O)[O-]. The predicted molar refractivity (Wildman–Crippen MR) is 74.0 cm³/mol. The molecule has 1 aromatic rings. The lowest BCUT2D eigenvalue weighted by Crippen LogP contribution is -2.23. The van der Waals surface area contributed by atoms with Gasteiger partial charge in [-0.1, -0.05) is 6.42 Å². The number of hydrogen-bond acceptors (Lipinski definition) is 5. The van der Waals surface area contributed by atoms with Gasteiger partial charge >= 0.3 is 5.69 Å². The number of pyridine rings is 1. The fraction of sp³-hybridized carbons (Fsp3) is 0.583. The van der Waals surface area contributed by atoms with Crippen molar-refractivity contribution in [1.29, 1.82) is 0 Å². The Labute approximate surface area is 119 Å². The molecule has 0 amide bonds. The molecule has 0 radical (unpaired) electrons. The van der Waals surface area contributed by atoms with Crippen molar-refractivity contribution in [3.05, 3.63) is 27.0 Å². The average molecular weight is 330 g/mol. The third-order valence-corrected chi connectivity index (χ3v) is 4.16. The Morgan fingerprint density at radius 3 is 2.89 bits per heavy atom. The number of hydrogen-bond donors (Lipinski definition) is 1. The molecule has 7 heteroatoms.